The molecule has 2 aromatic rings. The molecule has 0 atom stereocenters. The first kappa shape index (κ1) is 15.5. The highest BCUT2D eigenvalue weighted by atomic mass is 35.5. The summed E-state index contributed by atoms with van der Waals surface area (Å²) in [6.07, 6.45) is 1.10. The van der Waals surface area contributed by atoms with Crippen LogP contribution in [0.25, 0.3) is 11.1 Å². The van der Waals surface area contributed by atoms with Crippen LogP contribution in [-0.4, -0.2) is 31.4 Å². The average molecular weight is 335 g/mol. The quantitative estimate of drug-likeness (QED) is 0.776. The molecule has 0 bridgehead atoms. The van der Waals surface area contributed by atoms with Crippen LogP contribution in [0.1, 0.15) is 5.56 Å². The predicted molar refractivity (Wildman–Crippen MR) is 97.7 cm³/mol. The molecule has 0 fully saturated rings. The lowest BCUT2D eigenvalue weighted by Crippen LogP contribution is -2.27. The number of fused-ring (bicyclic) bond motifs is 1. The van der Waals surface area contributed by atoms with Crippen molar-refractivity contribution >= 4 is 34.6 Å². The molecule has 2 nitrogen and oxygen atoms in total. The standard InChI is InChI=1S/C18H20Cl2N2/c19-9-12-22(13-10-20)15-6-4-14(5-7-15)16-2-1-3-18-17(16)8-11-21-18/h1-7,21H,8-13H2. The Morgan fingerprint density at radius 3 is 2.36 bits per heavy atom. The molecule has 0 radical (unpaired) electrons. The van der Waals surface area contributed by atoms with Gasteiger partial charge in [-0.25, -0.2) is 0 Å². The van der Waals surface area contributed by atoms with Crippen molar-refractivity contribution in [3.63, 3.8) is 0 Å². The van der Waals surface area contributed by atoms with Crippen LogP contribution in [0.2, 0.25) is 0 Å². The van der Waals surface area contributed by atoms with Crippen molar-refractivity contribution in [1.29, 1.82) is 0 Å². The van der Waals surface area contributed by atoms with Gasteiger partial charge in [0.05, 0.1) is 0 Å². The van der Waals surface area contributed by atoms with Gasteiger partial charge < -0.3 is 10.2 Å². The molecule has 22 heavy (non-hydrogen) atoms. The molecule has 3 rings (SSSR count). The Labute approximate surface area is 142 Å². The van der Waals surface area contributed by atoms with Crippen LogP contribution < -0.4 is 10.2 Å². The smallest absolute Gasteiger partial charge is 0.0399 e. The molecule has 0 saturated heterocycles. The molecular weight excluding hydrogens is 315 g/mol. The van der Waals surface area contributed by atoms with Crippen LogP contribution in [0.15, 0.2) is 42.5 Å². The molecule has 0 aliphatic carbocycles. The minimum absolute atomic E-state index is 0.608. The van der Waals surface area contributed by atoms with Crippen molar-refractivity contribution in [2.45, 2.75) is 6.42 Å². The highest BCUT2D eigenvalue weighted by Gasteiger charge is 2.15. The summed E-state index contributed by atoms with van der Waals surface area (Å²) in [5, 5.41) is 3.44. The van der Waals surface area contributed by atoms with Gasteiger partial charge in [0.15, 0.2) is 0 Å². The summed E-state index contributed by atoms with van der Waals surface area (Å²) < 4.78 is 0. The van der Waals surface area contributed by atoms with Gasteiger partial charge in [-0.05, 0) is 41.3 Å². The van der Waals surface area contributed by atoms with E-state index in [0.717, 1.165) is 26.1 Å². The monoisotopic (exact) mass is 334 g/mol. The number of rotatable bonds is 6. The van der Waals surface area contributed by atoms with Crippen molar-refractivity contribution in [2.75, 3.05) is 41.6 Å². The van der Waals surface area contributed by atoms with Gasteiger partial charge in [0.25, 0.3) is 0 Å². The Hall–Kier alpha value is -1.38. The van der Waals surface area contributed by atoms with Crippen LogP contribution in [0.3, 0.4) is 0 Å². The number of hydrogen-bond donors (Lipinski definition) is 1. The third kappa shape index (κ3) is 3.18. The fraction of sp³-hybridized carbons (Fsp3) is 0.333. The highest BCUT2D eigenvalue weighted by Crippen LogP contribution is 2.33. The van der Waals surface area contributed by atoms with Crippen molar-refractivity contribution in [2.24, 2.45) is 0 Å². The molecule has 0 saturated carbocycles. The van der Waals surface area contributed by atoms with Crippen LogP contribution in [0, 0.1) is 0 Å². The first-order chi connectivity index (χ1) is 10.8. The fourth-order valence-electron chi connectivity index (χ4n) is 3.04. The van der Waals surface area contributed by atoms with E-state index in [-0.39, 0.29) is 0 Å². The van der Waals surface area contributed by atoms with Crippen molar-refractivity contribution in [3.8, 4) is 11.1 Å². The zero-order valence-electron chi connectivity index (χ0n) is 12.5. The zero-order chi connectivity index (χ0) is 15.4. The Kier molecular flexibility index (Phi) is 5.12. The maximum Gasteiger partial charge on any atom is 0.0399 e. The summed E-state index contributed by atoms with van der Waals surface area (Å²) in [5.41, 5.74) is 6.47. The summed E-state index contributed by atoms with van der Waals surface area (Å²) in [6.45, 7) is 2.67. The van der Waals surface area contributed by atoms with E-state index in [9.17, 15) is 0 Å². The second kappa shape index (κ2) is 7.26. The largest absolute Gasteiger partial charge is 0.384 e. The maximum absolute atomic E-state index is 5.88. The molecule has 1 aliphatic rings. The number of nitrogens with one attached hydrogen (secondary N) is 1. The van der Waals surface area contributed by atoms with Crippen molar-refractivity contribution in [1.82, 2.24) is 0 Å². The predicted octanol–water partition coefficient (Wildman–Crippen LogP) is 4.61. The van der Waals surface area contributed by atoms with Gasteiger partial charge in [-0.1, -0.05) is 24.3 Å². The van der Waals surface area contributed by atoms with E-state index < -0.39 is 0 Å². The lowest BCUT2D eigenvalue weighted by atomic mass is 9.97. The molecule has 4 heteroatoms. The van der Waals surface area contributed by atoms with Gasteiger partial charge in [-0.15, -0.1) is 23.2 Å². The first-order valence-electron chi connectivity index (χ1n) is 7.66. The minimum atomic E-state index is 0.608. The Morgan fingerprint density at radius 1 is 0.955 bits per heavy atom. The molecule has 0 aromatic heterocycles. The van der Waals surface area contributed by atoms with Gasteiger partial charge in [0, 0.05) is 42.8 Å². The molecule has 1 N–H and O–H groups in total. The number of nitrogens with zero attached hydrogens (tertiary/aromatic N) is 1. The molecule has 0 spiro atoms. The van der Waals surface area contributed by atoms with E-state index in [2.05, 4.69) is 52.7 Å². The lowest BCUT2D eigenvalue weighted by Gasteiger charge is -2.23. The number of benzene rings is 2. The van der Waals surface area contributed by atoms with Crippen LogP contribution in [-0.2, 0) is 6.42 Å². The minimum Gasteiger partial charge on any atom is -0.384 e. The second-order valence-electron chi connectivity index (χ2n) is 5.42. The summed E-state index contributed by atoms with van der Waals surface area (Å²) in [5.74, 6) is 1.22. The summed E-state index contributed by atoms with van der Waals surface area (Å²) in [6, 6.07) is 15.2. The van der Waals surface area contributed by atoms with Crippen LogP contribution in [0.4, 0.5) is 11.4 Å². The molecule has 116 valence electrons. The second-order valence-corrected chi connectivity index (χ2v) is 6.18. The topological polar surface area (TPSA) is 15.3 Å². The normalized spacial score (nSPS) is 12.8. The van der Waals surface area contributed by atoms with Gasteiger partial charge >= 0.3 is 0 Å². The molecule has 2 aromatic carbocycles. The average Bonchev–Trinajstić information content (AvgIpc) is 3.03. The summed E-state index contributed by atoms with van der Waals surface area (Å²) >= 11 is 11.8. The Morgan fingerprint density at radius 2 is 1.68 bits per heavy atom. The van der Waals surface area contributed by atoms with E-state index in [1.165, 1.54) is 28.1 Å². The van der Waals surface area contributed by atoms with Gasteiger partial charge in [-0.2, -0.15) is 0 Å². The first-order valence-corrected chi connectivity index (χ1v) is 8.73. The zero-order valence-corrected chi connectivity index (χ0v) is 14.0. The third-order valence-corrected chi connectivity index (χ3v) is 4.46. The number of anilines is 2. The maximum atomic E-state index is 5.88. The number of halogens is 2. The summed E-state index contributed by atoms with van der Waals surface area (Å²) in [4.78, 5) is 2.22. The third-order valence-electron chi connectivity index (χ3n) is 4.12. The van der Waals surface area contributed by atoms with E-state index in [1.807, 2.05) is 0 Å². The molecule has 0 unspecified atom stereocenters. The lowest BCUT2D eigenvalue weighted by molar-refractivity contribution is 0.874. The van der Waals surface area contributed by atoms with E-state index >= 15 is 0 Å². The fourth-order valence-corrected chi connectivity index (χ4v) is 3.45. The van der Waals surface area contributed by atoms with Crippen LogP contribution in [0.5, 0.6) is 0 Å². The highest BCUT2D eigenvalue weighted by molar-refractivity contribution is 6.18. The molecule has 0 amide bonds. The number of alkyl halides is 2. The van der Waals surface area contributed by atoms with E-state index in [4.69, 9.17) is 23.2 Å². The van der Waals surface area contributed by atoms with Gasteiger partial charge in [0.2, 0.25) is 0 Å². The number of hydrogen-bond acceptors (Lipinski definition) is 2. The Bertz CT molecular complexity index is 619. The van der Waals surface area contributed by atoms with E-state index in [0.29, 0.717) is 11.8 Å². The summed E-state index contributed by atoms with van der Waals surface area (Å²) in [7, 11) is 0. The van der Waals surface area contributed by atoms with Crippen LogP contribution >= 0.6 is 23.2 Å². The SMILES string of the molecule is ClCCN(CCCl)c1ccc(-c2cccc3c2CCN3)cc1. The van der Waals surface area contributed by atoms with Crippen molar-refractivity contribution in [3.05, 3.63) is 48.0 Å². The molecule has 1 heterocycles. The van der Waals surface area contributed by atoms with Gasteiger partial charge in [-0.3, -0.25) is 0 Å². The Balaban J connectivity index is 1.87. The van der Waals surface area contributed by atoms with Gasteiger partial charge in [0.1, 0.15) is 0 Å². The molecular formula is C18H20Cl2N2. The van der Waals surface area contributed by atoms with E-state index in [1.54, 1.807) is 0 Å². The molecule has 1 aliphatic heterocycles. The van der Waals surface area contributed by atoms with Crippen molar-refractivity contribution < 1.29 is 0 Å².